The van der Waals surface area contributed by atoms with Gasteiger partial charge in [-0.1, -0.05) is 29.8 Å². The fourth-order valence-electron chi connectivity index (χ4n) is 3.98. The van der Waals surface area contributed by atoms with Gasteiger partial charge in [0.2, 0.25) is 0 Å². The van der Waals surface area contributed by atoms with Crippen LogP contribution in [0.4, 0.5) is 11.5 Å². The van der Waals surface area contributed by atoms with Gasteiger partial charge in [0.15, 0.2) is 11.5 Å². The van der Waals surface area contributed by atoms with Crippen LogP contribution in [0.5, 0.6) is 0 Å². The van der Waals surface area contributed by atoms with Gasteiger partial charge in [0, 0.05) is 12.1 Å². The van der Waals surface area contributed by atoms with Crippen molar-refractivity contribution in [3.05, 3.63) is 93.6 Å². The first-order chi connectivity index (χ1) is 16.8. The van der Waals surface area contributed by atoms with E-state index in [1.54, 1.807) is 29.9 Å². The van der Waals surface area contributed by atoms with E-state index in [0.29, 0.717) is 28.4 Å². The number of nitro groups is 1. The van der Waals surface area contributed by atoms with Gasteiger partial charge in [-0.05, 0) is 38.5 Å². The number of aromatic nitrogens is 6. The molecule has 3 heterocycles. The van der Waals surface area contributed by atoms with Gasteiger partial charge in [0.05, 0.1) is 27.9 Å². The van der Waals surface area contributed by atoms with Gasteiger partial charge < -0.3 is 5.32 Å². The first-order valence-corrected chi connectivity index (χ1v) is 10.7. The van der Waals surface area contributed by atoms with E-state index in [4.69, 9.17) is 0 Å². The highest BCUT2D eigenvalue weighted by atomic mass is 16.6. The van der Waals surface area contributed by atoms with Crippen LogP contribution in [0.1, 0.15) is 27.2 Å². The Bertz CT molecular complexity index is 1620. The second-order valence-electron chi connectivity index (χ2n) is 8.09. The molecular weight excluding hydrogens is 448 g/mol. The summed E-state index contributed by atoms with van der Waals surface area (Å²) in [7, 11) is 0. The van der Waals surface area contributed by atoms with E-state index < -0.39 is 10.8 Å². The molecule has 0 aliphatic heterocycles. The summed E-state index contributed by atoms with van der Waals surface area (Å²) in [6, 6.07) is 13.5. The van der Waals surface area contributed by atoms with Crippen LogP contribution in [0.2, 0.25) is 0 Å². The molecule has 1 amide bonds. The summed E-state index contributed by atoms with van der Waals surface area (Å²) in [5.41, 5.74) is 3.93. The average Bonchev–Trinajstić information content (AvgIpc) is 3.42. The monoisotopic (exact) mass is 468 g/mol. The molecular formula is C24H20N8O3. The topological polar surface area (TPSA) is 134 Å². The van der Waals surface area contributed by atoms with Crippen molar-refractivity contribution in [2.45, 2.75) is 20.8 Å². The maximum absolute atomic E-state index is 12.9. The van der Waals surface area contributed by atoms with E-state index >= 15 is 0 Å². The second kappa shape index (κ2) is 8.45. The highest BCUT2D eigenvalue weighted by Crippen LogP contribution is 2.26. The molecule has 5 aromatic rings. The van der Waals surface area contributed by atoms with Crippen LogP contribution in [0, 0.1) is 30.9 Å². The molecule has 11 nitrogen and oxygen atoms in total. The lowest BCUT2D eigenvalue weighted by Crippen LogP contribution is -2.17. The minimum Gasteiger partial charge on any atom is -0.306 e. The first-order valence-electron chi connectivity index (χ1n) is 10.7. The number of para-hydroxylation sites is 1. The fraction of sp³-hybridized carbons (Fsp3) is 0.125. The van der Waals surface area contributed by atoms with Gasteiger partial charge in [-0.2, -0.15) is 14.9 Å². The smallest absolute Gasteiger partial charge is 0.282 e. The molecule has 1 N–H and O–H groups in total. The lowest BCUT2D eigenvalue weighted by atomic mass is 10.1. The van der Waals surface area contributed by atoms with Crippen molar-refractivity contribution in [2.75, 3.05) is 5.32 Å². The van der Waals surface area contributed by atoms with Gasteiger partial charge in [-0.15, -0.1) is 0 Å². The lowest BCUT2D eigenvalue weighted by molar-refractivity contribution is -0.385. The lowest BCUT2D eigenvalue weighted by Gasteiger charge is -2.10. The van der Waals surface area contributed by atoms with Crippen molar-refractivity contribution in [3.63, 3.8) is 0 Å². The van der Waals surface area contributed by atoms with Crippen LogP contribution in [0.3, 0.4) is 0 Å². The Morgan fingerprint density at radius 3 is 2.60 bits per heavy atom. The predicted octanol–water partition coefficient (Wildman–Crippen LogP) is 4.09. The van der Waals surface area contributed by atoms with E-state index in [0.717, 1.165) is 16.8 Å². The standard InChI is InChI=1S/C24H20N8O3/c1-14-8-9-19(15(2)10-14)30-22-18(12-27-30)23(26-13-25-22)31-21(11-16(3)29-31)28-24(33)17-6-4-5-7-20(17)32(34)35/h4-13H,1-3H3,(H,28,33). The van der Waals surface area contributed by atoms with Crippen LogP contribution in [-0.4, -0.2) is 40.4 Å². The highest BCUT2D eigenvalue weighted by molar-refractivity contribution is 6.06. The van der Waals surface area contributed by atoms with Crippen molar-refractivity contribution in [1.82, 2.24) is 29.5 Å². The third kappa shape index (κ3) is 3.88. The normalized spacial score (nSPS) is 11.1. The van der Waals surface area contributed by atoms with Crippen LogP contribution in [0.25, 0.3) is 22.5 Å². The summed E-state index contributed by atoms with van der Waals surface area (Å²) < 4.78 is 3.21. The first kappa shape index (κ1) is 21.9. The molecule has 11 heteroatoms. The van der Waals surface area contributed by atoms with Crippen molar-refractivity contribution < 1.29 is 9.72 Å². The molecule has 0 fully saturated rings. The maximum atomic E-state index is 12.9. The zero-order valence-corrected chi connectivity index (χ0v) is 19.1. The largest absolute Gasteiger partial charge is 0.306 e. The molecule has 0 unspecified atom stereocenters. The minimum atomic E-state index is -0.630. The summed E-state index contributed by atoms with van der Waals surface area (Å²) in [4.78, 5) is 32.5. The molecule has 35 heavy (non-hydrogen) atoms. The van der Waals surface area contributed by atoms with E-state index in [1.165, 1.54) is 29.2 Å². The number of carbonyl (C=O) groups excluding carboxylic acids is 1. The van der Waals surface area contributed by atoms with Crippen molar-refractivity contribution in [2.24, 2.45) is 0 Å². The summed E-state index contributed by atoms with van der Waals surface area (Å²) in [5, 5.41) is 23.7. The zero-order valence-electron chi connectivity index (χ0n) is 19.1. The van der Waals surface area contributed by atoms with E-state index in [2.05, 4.69) is 31.5 Å². The fourth-order valence-corrected chi connectivity index (χ4v) is 3.98. The summed E-state index contributed by atoms with van der Waals surface area (Å²) in [6.07, 6.45) is 3.05. The average molecular weight is 468 g/mol. The number of fused-ring (bicyclic) bond motifs is 1. The molecule has 0 saturated heterocycles. The second-order valence-corrected chi connectivity index (χ2v) is 8.09. The molecule has 0 spiro atoms. The number of rotatable bonds is 5. The number of benzene rings is 2. The third-order valence-corrected chi connectivity index (χ3v) is 5.54. The number of hydrogen-bond donors (Lipinski definition) is 1. The van der Waals surface area contributed by atoms with Crippen molar-refractivity contribution in [1.29, 1.82) is 0 Å². The van der Waals surface area contributed by atoms with E-state index in [1.807, 2.05) is 26.0 Å². The van der Waals surface area contributed by atoms with Crippen LogP contribution in [-0.2, 0) is 0 Å². The van der Waals surface area contributed by atoms with Gasteiger partial charge >= 0.3 is 0 Å². The molecule has 0 aliphatic rings. The van der Waals surface area contributed by atoms with Gasteiger partial charge in [-0.25, -0.2) is 14.6 Å². The van der Waals surface area contributed by atoms with Gasteiger partial charge in [-0.3, -0.25) is 14.9 Å². The zero-order chi connectivity index (χ0) is 24.7. The molecule has 2 aromatic carbocycles. The number of nitrogens with zero attached hydrogens (tertiary/aromatic N) is 7. The number of hydrogen-bond acceptors (Lipinski definition) is 7. The van der Waals surface area contributed by atoms with Crippen molar-refractivity contribution >= 4 is 28.4 Å². The Morgan fingerprint density at radius 2 is 1.83 bits per heavy atom. The number of anilines is 1. The Labute approximate surface area is 199 Å². The van der Waals surface area contributed by atoms with Crippen molar-refractivity contribution in [3.8, 4) is 11.5 Å². The molecule has 0 aliphatic carbocycles. The number of nitro benzene ring substituents is 1. The number of aryl methyl sites for hydroxylation is 3. The molecule has 0 radical (unpaired) electrons. The SMILES string of the molecule is Cc1ccc(-n2ncc3c(-n4nc(C)cc4NC(=O)c4ccccc4[N+](=O)[O-])ncnc32)c(C)c1. The highest BCUT2D eigenvalue weighted by Gasteiger charge is 2.22. The molecule has 3 aromatic heterocycles. The Kier molecular flexibility index (Phi) is 5.28. The quantitative estimate of drug-likeness (QED) is 0.303. The molecule has 0 saturated carbocycles. The number of amides is 1. The van der Waals surface area contributed by atoms with Crippen LogP contribution in [0.15, 0.2) is 61.1 Å². The number of carbonyl (C=O) groups is 1. The Hall–Kier alpha value is -4.93. The van der Waals surface area contributed by atoms with Crippen LogP contribution < -0.4 is 5.32 Å². The molecule has 5 rings (SSSR count). The maximum Gasteiger partial charge on any atom is 0.282 e. The Morgan fingerprint density at radius 1 is 1.03 bits per heavy atom. The number of nitrogens with one attached hydrogen (secondary N) is 1. The van der Waals surface area contributed by atoms with Crippen LogP contribution >= 0.6 is 0 Å². The third-order valence-electron chi connectivity index (χ3n) is 5.54. The summed E-state index contributed by atoms with van der Waals surface area (Å²) in [6.45, 7) is 5.80. The molecule has 0 bridgehead atoms. The molecule has 0 atom stereocenters. The predicted molar refractivity (Wildman–Crippen MR) is 129 cm³/mol. The minimum absolute atomic E-state index is 0.0570. The molecule has 174 valence electrons. The Balaban J connectivity index is 1.58. The van der Waals surface area contributed by atoms with E-state index in [9.17, 15) is 14.9 Å². The summed E-state index contributed by atoms with van der Waals surface area (Å²) in [5.74, 6) is 0.0941. The van der Waals surface area contributed by atoms with E-state index in [-0.39, 0.29) is 11.3 Å². The van der Waals surface area contributed by atoms with Gasteiger partial charge in [0.25, 0.3) is 11.6 Å². The van der Waals surface area contributed by atoms with Gasteiger partial charge in [0.1, 0.15) is 17.7 Å². The summed E-state index contributed by atoms with van der Waals surface area (Å²) >= 11 is 0.